The molecular formula is C18H20N4O3. The number of anilines is 1. The molecule has 1 aromatic carbocycles. The van der Waals surface area contributed by atoms with E-state index in [9.17, 15) is 4.79 Å². The van der Waals surface area contributed by atoms with E-state index in [1.165, 1.54) is 0 Å². The highest BCUT2D eigenvalue weighted by Crippen LogP contribution is 2.24. The van der Waals surface area contributed by atoms with Crippen LogP contribution in [0.3, 0.4) is 0 Å². The fourth-order valence-electron chi connectivity index (χ4n) is 2.50. The van der Waals surface area contributed by atoms with Gasteiger partial charge in [0, 0.05) is 31.6 Å². The third-order valence-electron chi connectivity index (χ3n) is 3.69. The summed E-state index contributed by atoms with van der Waals surface area (Å²) in [4.78, 5) is 16.8. The second-order valence-corrected chi connectivity index (χ2v) is 5.56. The largest absolute Gasteiger partial charge is 0.457 e. The molecule has 1 amide bonds. The van der Waals surface area contributed by atoms with Crippen molar-refractivity contribution in [3.8, 4) is 11.5 Å². The number of ether oxygens (including phenoxy) is 2. The van der Waals surface area contributed by atoms with Crippen LogP contribution < -0.4 is 15.8 Å². The maximum Gasteiger partial charge on any atom is 0.270 e. The number of hydrogen-bond donors (Lipinski definition) is 2. The van der Waals surface area contributed by atoms with E-state index in [-0.39, 0.29) is 5.91 Å². The molecule has 0 fully saturated rings. The summed E-state index contributed by atoms with van der Waals surface area (Å²) in [5, 5.41) is 2.81. The minimum atomic E-state index is -0.186. The Hall–Kier alpha value is -3.06. The van der Waals surface area contributed by atoms with Crippen LogP contribution in [-0.4, -0.2) is 35.6 Å². The molecule has 3 aromatic rings. The number of pyridine rings is 1. The maximum atomic E-state index is 12.4. The van der Waals surface area contributed by atoms with Gasteiger partial charge in [-0.2, -0.15) is 0 Å². The number of nitrogens with two attached hydrogens (primary N) is 1. The molecule has 2 heterocycles. The Bertz CT molecular complexity index is 887. The fourth-order valence-corrected chi connectivity index (χ4v) is 2.50. The first-order valence-electron chi connectivity index (χ1n) is 7.87. The van der Waals surface area contributed by atoms with Crippen molar-refractivity contribution in [3.05, 3.63) is 54.0 Å². The molecule has 0 bridgehead atoms. The number of methoxy groups -OCH3 is 1. The number of carbonyl (C=O) groups excluding carboxylic acids is 1. The maximum absolute atomic E-state index is 12.4. The quantitative estimate of drug-likeness (QED) is 0.531. The average molecular weight is 340 g/mol. The lowest BCUT2D eigenvalue weighted by Crippen LogP contribution is -2.28. The first-order chi connectivity index (χ1) is 12.1. The van der Waals surface area contributed by atoms with Gasteiger partial charge in [0.2, 0.25) is 0 Å². The number of hydrogen-bond acceptors (Lipinski definition) is 5. The van der Waals surface area contributed by atoms with Gasteiger partial charge in [-0.1, -0.05) is 0 Å². The van der Waals surface area contributed by atoms with Crippen LogP contribution in [0.15, 0.2) is 42.6 Å². The Kier molecular flexibility index (Phi) is 4.85. The average Bonchev–Trinajstić information content (AvgIpc) is 2.92. The van der Waals surface area contributed by atoms with Crippen molar-refractivity contribution in [1.82, 2.24) is 14.7 Å². The number of nitrogen functional groups attached to an aromatic ring is 1. The van der Waals surface area contributed by atoms with Gasteiger partial charge in [-0.05, 0) is 37.3 Å². The molecule has 0 unspecified atom stereocenters. The zero-order valence-electron chi connectivity index (χ0n) is 14.2. The van der Waals surface area contributed by atoms with E-state index in [0.717, 1.165) is 0 Å². The van der Waals surface area contributed by atoms with Gasteiger partial charge in [-0.3, -0.25) is 9.20 Å². The van der Waals surface area contributed by atoms with E-state index < -0.39 is 0 Å². The van der Waals surface area contributed by atoms with Gasteiger partial charge >= 0.3 is 0 Å². The number of benzene rings is 1. The van der Waals surface area contributed by atoms with Crippen LogP contribution in [0.2, 0.25) is 0 Å². The highest BCUT2D eigenvalue weighted by molar-refractivity contribution is 5.94. The topological polar surface area (TPSA) is 90.9 Å². The SMILES string of the molecule is COCCNC(=O)c1c(C)nc2cc(Oc3ccc(N)cc3)ccn12. The van der Waals surface area contributed by atoms with Crippen LogP contribution in [-0.2, 0) is 4.74 Å². The van der Waals surface area contributed by atoms with E-state index in [0.29, 0.717) is 47.4 Å². The third kappa shape index (κ3) is 3.72. The Morgan fingerprint density at radius 3 is 2.72 bits per heavy atom. The van der Waals surface area contributed by atoms with Gasteiger partial charge in [-0.25, -0.2) is 4.98 Å². The smallest absolute Gasteiger partial charge is 0.270 e. The zero-order chi connectivity index (χ0) is 17.8. The number of imidazole rings is 1. The standard InChI is InChI=1S/C18H20N4O3/c1-12-17(18(23)20-8-10-24-2)22-9-7-15(11-16(22)21-12)25-14-5-3-13(19)4-6-14/h3-7,9,11H,8,10,19H2,1-2H3,(H,20,23). The summed E-state index contributed by atoms with van der Waals surface area (Å²) in [6.45, 7) is 2.71. The normalized spacial score (nSPS) is 10.8. The molecule has 0 spiro atoms. The predicted octanol–water partition coefficient (Wildman–Crippen LogP) is 2.39. The molecule has 0 aliphatic carbocycles. The van der Waals surface area contributed by atoms with E-state index in [1.54, 1.807) is 61.0 Å². The number of nitrogens with one attached hydrogen (secondary N) is 1. The Labute approximate surface area is 145 Å². The van der Waals surface area contributed by atoms with Crippen molar-refractivity contribution in [2.24, 2.45) is 0 Å². The minimum absolute atomic E-state index is 0.186. The van der Waals surface area contributed by atoms with Crippen LogP contribution in [0.4, 0.5) is 5.69 Å². The monoisotopic (exact) mass is 340 g/mol. The number of aryl methyl sites for hydroxylation is 1. The van der Waals surface area contributed by atoms with Crippen LogP contribution in [0.25, 0.3) is 5.65 Å². The van der Waals surface area contributed by atoms with Crippen molar-refractivity contribution in [2.45, 2.75) is 6.92 Å². The van der Waals surface area contributed by atoms with Crippen LogP contribution >= 0.6 is 0 Å². The van der Waals surface area contributed by atoms with E-state index in [2.05, 4.69) is 10.3 Å². The molecule has 130 valence electrons. The van der Waals surface area contributed by atoms with Crippen LogP contribution in [0, 0.1) is 6.92 Å². The van der Waals surface area contributed by atoms with Crippen molar-refractivity contribution >= 4 is 17.2 Å². The zero-order valence-corrected chi connectivity index (χ0v) is 14.2. The molecule has 2 aromatic heterocycles. The van der Waals surface area contributed by atoms with E-state index >= 15 is 0 Å². The molecule has 0 atom stereocenters. The number of rotatable bonds is 6. The molecular weight excluding hydrogens is 320 g/mol. The second-order valence-electron chi connectivity index (χ2n) is 5.56. The first-order valence-corrected chi connectivity index (χ1v) is 7.87. The highest BCUT2D eigenvalue weighted by atomic mass is 16.5. The van der Waals surface area contributed by atoms with Crippen LogP contribution in [0.5, 0.6) is 11.5 Å². The van der Waals surface area contributed by atoms with Crippen molar-refractivity contribution in [3.63, 3.8) is 0 Å². The molecule has 0 aliphatic rings. The summed E-state index contributed by atoms with van der Waals surface area (Å²) in [7, 11) is 1.59. The Morgan fingerprint density at radius 2 is 2.00 bits per heavy atom. The van der Waals surface area contributed by atoms with Crippen LogP contribution in [0.1, 0.15) is 16.2 Å². The van der Waals surface area contributed by atoms with Crippen molar-refractivity contribution < 1.29 is 14.3 Å². The minimum Gasteiger partial charge on any atom is -0.457 e. The fraction of sp³-hybridized carbons (Fsp3) is 0.222. The number of nitrogens with zero attached hydrogens (tertiary/aromatic N) is 2. The molecule has 0 aliphatic heterocycles. The molecule has 3 rings (SSSR count). The van der Waals surface area contributed by atoms with Gasteiger partial charge < -0.3 is 20.5 Å². The molecule has 0 radical (unpaired) electrons. The lowest BCUT2D eigenvalue weighted by Gasteiger charge is -2.08. The molecule has 0 saturated carbocycles. The van der Waals surface area contributed by atoms with Gasteiger partial charge in [-0.15, -0.1) is 0 Å². The van der Waals surface area contributed by atoms with E-state index in [4.69, 9.17) is 15.2 Å². The number of carbonyl (C=O) groups is 1. The lowest BCUT2D eigenvalue weighted by molar-refractivity contribution is 0.0930. The molecule has 25 heavy (non-hydrogen) atoms. The second kappa shape index (κ2) is 7.23. The highest BCUT2D eigenvalue weighted by Gasteiger charge is 2.16. The van der Waals surface area contributed by atoms with Gasteiger partial charge in [0.05, 0.1) is 12.3 Å². The van der Waals surface area contributed by atoms with Gasteiger partial charge in [0.1, 0.15) is 22.8 Å². The summed E-state index contributed by atoms with van der Waals surface area (Å²) in [5.41, 5.74) is 8.15. The molecule has 3 N–H and O–H groups in total. The summed E-state index contributed by atoms with van der Waals surface area (Å²) in [5.74, 6) is 1.13. The van der Waals surface area contributed by atoms with Gasteiger partial charge in [0.25, 0.3) is 5.91 Å². The number of aromatic nitrogens is 2. The number of amides is 1. The summed E-state index contributed by atoms with van der Waals surface area (Å²) < 4.78 is 12.5. The number of fused-ring (bicyclic) bond motifs is 1. The predicted molar refractivity (Wildman–Crippen MR) is 95.1 cm³/mol. The Morgan fingerprint density at radius 1 is 1.24 bits per heavy atom. The lowest BCUT2D eigenvalue weighted by atomic mass is 10.3. The van der Waals surface area contributed by atoms with Crippen molar-refractivity contribution in [2.75, 3.05) is 26.0 Å². The first kappa shape index (κ1) is 16.8. The third-order valence-corrected chi connectivity index (χ3v) is 3.69. The Balaban J connectivity index is 1.84. The van der Waals surface area contributed by atoms with Crippen molar-refractivity contribution in [1.29, 1.82) is 0 Å². The summed E-state index contributed by atoms with van der Waals surface area (Å²) in [6.07, 6.45) is 1.77. The molecule has 0 saturated heterocycles. The van der Waals surface area contributed by atoms with E-state index in [1.807, 2.05) is 0 Å². The molecule has 7 nitrogen and oxygen atoms in total. The van der Waals surface area contributed by atoms with Gasteiger partial charge in [0.15, 0.2) is 0 Å². The molecule has 7 heteroatoms. The summed E-state index contributed by atoms with van der Waals surface area (Å²) in [6, 6.07) is 10.7. The summed E-state index contributed by atoms with van der Waals surface area (Å²) >= 11 is 0.